The minimum atomic E-state index is -4.52. The van der Waals surface area contributed by atoms with Crippen molar-refractivity contribution in [3.8, 4) is 0 Å². The second-order valence-electron chi connectivity index (χ2n) is 6.66. The van der Waals surface area contributed by atoms with Crippen molar-refractivity contribution in [1.29, 1.82) is 0 Å². The number of alkyl halides is 2. The second-order valence-corrected chi connectivity index (χ2v) is 8.58. The molecular formula is C17H25F2N3O2S. The number of sulfone groups is 1. The van der Waals surface area contributed by atoms with Crippen LogP contribution in [0.5, 0.6) is 0 Å². The topological polar surface area (TPSA) is 43.9 Å². The van der Waals surface area contributed by atoms with Crippen molar-refractivity contribution in [1.82, 2.24) is 9.80 Å². The van der Waals surface area contributed by atoms with E-state index in [4.69, 9.17) is 0 Å². The monoisotopic (exact) mass is 373 g/mol. The third-order valence-electron chi connectivity index (χ3n) is 5.30. The Labute approximate surface area is 148 Å². The highest BCUT2D eigenvalue weighted by Gasteiger charge is 2.30. The molecule has 0 amide bonds. The Bertz CT molecular complexity index is 674. The van der Waals surface area contributed by atoms with Crippen LogP contribution < -0.4 is 4.90 Å². The van der Waals surface area contributed by atoms with E-state index in [9.17, 15) is 17.2 Å². The molecule has 5 nitrogen and oxygen atoms in total. The van der Waals surface area contributed by atoms with Crippen molar-refractivity contribution < 1.29 is 17.2 Å². The normalized spacial score (nSPS) is 23.5. The van der Waals surface area contributed by atoms with Crippen molar-refractivity contribution >= 4 is 15.5 Å². The molecule has 1 aromatic carbocycles. The minimum absolute atomic E-state index is 0.322. The van der Waals surface area contributed by atoms with Crippen LogP contribution in [0.2, 0.25) is 0 Å². The molecule has 0 bridgehead atoms. The number of hydrogen-bond acceptors (Lipinski definition) is 5. The number of anilines is 1. The van der Waals surface area contributed by atoms with Crippen LogP contribution in [0, 0.1) is 0 Å². The fourth-order valence-corrected chi connectivity index (χ4v) is 4.39. The average molecular weight is 373 g/mol. The maximum absolute atomic E-state index is 12.6. The maximum atomic E-state index is 12.6. The van der Waals surface area contributed by atoms with E-state index in [1.54, 1.807) is 12.1 Å². The Hall–Kier alpha value is -1.25. The van der Waals surface area contributed by atoms with Crippen molar-refractivity contribution in [2.45, 2.75) is 30.0 Å². The maximum Gasteiger partial charge on any atom is 0.341 e. The lowest BCUT2D eigenvalue weighted by Crippen LogP contribution is -2.50. The first kappa shape index (κ1) is 18.5. The van der Waals surface area contributed by atoms with Crippen LogP contribution >= 0.6 is 0 Å². The molecule has 8 heteroatoms. The van der Waals surface area contributed by atoms with Gasteiger partial charge in [0.05, 0.1) is 4.90 Å². The Balaban J connectivity index is 1.61. The molecule has 1 atom stereocenters. The summed E-state index contributed by atoms with van der Waals surface area (Å²) in [5.74, 6) is -3.38. The van der Waals surface area contributed by atoms with Crippen LogP contribution in [0.25, 0.3) is 0 Å². The number of rotatable bonds is 5. The first-order valence-corrected chi connectivity index (χ1v) is 10.3. The number of nitrogens with zero attached hydrogens (tertiary/aromatic N) is 3. The predicted octanol–water partition coefficient (Wildman–Crippen LogP) is 1.90. The fourth-order valence-electron chi connectivity index (χ4n) is 3.67. The molecule has 25 heavy (non-hydrogen) atoms. The van der Waals surface area contributed by atoms with Gasteiger partial charge in [-0.3, -0.25) is 4.90 Å². The molecule has 2 fully saturated rings. The molecule has 140 valence electrons. The molecule has 0 saturated carbocycles. The molecule has 2 saturated heterocycles. The molecule has 0 aliphatic carbocycles. The molecule has 0 radical (unpaired) electrons. The van der Waals surface area contributed by atoms with E-state index in [1.165, 1.54) is 12.1 Å². The van der Waals surface area contributed by atoms with E-state index in [-0.39, 0.29) is 4.90 Å². The molecule has 0 spiro atoms. The highest BCUT2D eigenvalue weighted by atomic mass is 32.2. The summed E-state index contributed by atoms with van der Waals surface area (Å²) < 4.78 is 48.2. The first-order chi connectivity index (χ1) is 11.9. The summed E-state index contributed by atoms with van der Waals surface area (Å²) in [5.41, 5.74) is 0.892. The fraction of sp³-hybridized carbons (Fsp3) is 0.647. The molecule has 3 rings (SSSR count). The number of piperazine rings is 1. The van der Waals surface area contributed by atoms with Gasteiger partial charge in [-0.05, 0) is 37.2 Å². The van der Waals surface area contributed by atoms with E-state index in [1.807, 2.05) is 0 Å². The molecule has 2 aliphatic rings. The summed E-state index contributed by atoms with van der Waals surface area (Å²) in [6, 6.07) is 6.33. The summed E-state index contributed by atoms with van der Waals surface area (Å²) >= 11 is 0. The number of hydrogen-bond donors (Lipinski definition) is 0. The quantitative estimate of drug-likeness (QED) is 0.789. The van der Waals surface area contributed by atoms with Crippen LogP contribution in [-0.4, -0.2) is 75.8 Å². The lowest BCUT2D eigenvalue weighted by Gasteiger charge is -2.37. The van der Waals surface area contributed by atoms with Crippen LogP contribution in [-0.2, 0) is 9.84 Å². The zero-order valence-corrected chi connectivity index (χ0v) is 15.3. The zero-order chi connectivity index (χ0) is 18.0. The minimum Gasteiger partial charge on any atom is -0.370 e. The second kappa shape index (κ2) is 7.55. The Kier molecular flexibility index (Phi) is 5.60. The summed E-state index contributed by atoms with van der Waals surface area (Å²) in [5, 5.41) is 0. The number of benzene rings is 1. The Morgan fingerprint density at radius 3 is 2.28 bits per heavy atom. The van der Waals surface area contributed by atoms with Gasteiger partial charge in [0.15, 0.2) is 0 Å². The molecule has 0 aromatic heterocycles. The van der Waals surface area contributed by atoms with Gasteiger partial charge in [0.2, 0.25) is 9.84 Å². The molecule has 2 aliphatic heterocycles. The summed E-state index contributed by atoms with van der Waals surface area (Å²) in [6.45, 7) is 9.45. The average Bonchev–Trinajstić information content (AvgIpc) is 3.12. The summed E-state index contributed by atoms with van der Waals surface area (Å²) in [7, 11) is -4.52. The predicted molar refractivity (Wildman–Crippen MR) is 93.9 cm³/mol. The van der Waals surface area contributed by atoms with Crippen molar-refractivity contribution in [2.75, 3.05) is 50.7 Å². The van der Waals surface area contributed by atoms with E-state index < -0.39 is 15.6 Å². The van der Waals surface area contributed by atoms with Crippen LogP contribution in [0.15, 0.2) is 29.2 Å². The van der Waals surface area contributed by atoms with E-state index in [0.29, 0.717) is 6.04 Å². The van der Waals surface area contributed by atoms with E-state index >= 15 is 0 Å². The van der Waals surface area contributed by atoms with Gasteiger partial charge in [-0.25, -0.2) is 8.42 Å². The van der Waals surface area contributed by atoms with Crippen LogP contribution in [0.4, 0.5) is 14.5 Å². The van der Waals surface area contributed by atoms with Gasteiger partial charge in [-0.1, -0.05) is 6.92 Å². The lowest BCUT2D eigenvalue weighted by molar-refractivity contribution is 0.107. The highest BCUT2D eigenvalue weighted by molar-refractivity contribution is 7.91. The Morgan fingerprint density at radius 1 is 1.08 bits per heavy atom. The van der Waals surface area contributed by atoms with E-state index in [2.05, 4.69) is 21.6 Å². The molecular weight excluding hydrogens is 348 g/mol. The third kappa shape index (κ3) is 3.96. The first-order valence-electron chi connectivity index (χ1n) is 8.75. The molecule has 1 aromatic rings. The summed E-state index contributed by atoms with van der Waals surface area (Å²) in [4.78, 5) is 6.86. The van der Waals surface area contributed by atoms with E-state index in [0.717, 1.165) is 57.9 Å². The number of halogens is 2. The van der Waals surface area contributed by atoms with Gasteiger partial charge in [0.1, 0.15) is 0 Å². The Morgan fingerprint density at radius 2 is 1.72 bits per heavy atom. The van der Waals surface area contributed by atoms with Gasteiger partial charge in [0, 0.05) is 51.0 Å². The van der Waals surface area contributed by atoms with Gasteiger partial charge < -0.3 is 9.80 Å². The zero-order valence-electron chi connectivity index (χ0n) is 14.4. The van der Waals surface area contributed by atoms with Crippen LogP contribution in [0.1, 0.15) is 13.3 Å². The standard InChI is InChI=1S/C17H25F2N3O2S/c1-2-20-9-11-21(12-10-20)15-7-8-22(13-15)14-3-5-16(6-4-14)25(23,24)17(18)19/h3-6,15,17H,2,7-13H2,1H3. The van der Waals surface area contributed by atoms with Gasteiger partial charge in [0.25, 0.3) is 0 Å². The molecule has 0 N–H and O–H groups in total. The van der Waals surface area contributed by atoms with Crippen LogP contribution in [0.3, 0.4) is 0 Å². The van der Waals surface area contributed by atoms with Crippen molar-refractivity contribution in [3.63, 3.8) is 0 Å². The molecule has 1 unspecified atom stereocenters. The van der Waals surface area contributed by atoms with Gasteiger partial charge >= 0.3 is 5.76 Å². The van der Waals surface area contributed by atoms with Crippen molar-refractivity contribution in [2.24, 2.45) is 0 Å². The SMILES string of the molecule is CCN1CCN(C2CCN(c3ccc(S(=O)(=O)C(F)F)cc3)C2)CC1. The highest BCUT2D eigenvalue weighted by Crippen LogP contribution is 2.26. The largest absolute Gasteiger partial charge is 0.370 e. The lowest BCUT2D eigenvalue weighted by atomic mass is 10.2. The molecule has 2 heterocycles. The number of likely N-dealkylation sites (N-methyl/N-ethyl adjacent to an activating group) is 1. The summed E-state index contributed by atoms with van der Waals surface area (Å²) in [6.07, 6.45) is 1.07. The smallest absolute Gasteiger partial charge is 0.341 e. The van der Waals surface area contributed by atoms with Gasteiger partial charge in [-0.2, -0.15) is 8.78 Å². The van der Waals surface area contributed by atoms with Gasteiger partial charge in [-0.15, -0.1) is 0 Å². The van der Waals surface area contributed by atoms with Crippen molar-refractivity contribution in [3.05, 3.63) is 24.3 Å². The third-order valence-corrected chi connectivity index (χ3v) is 6.70.